The number of nitrogens with zero attached hydrogens (tertiary/aromatic N) is 2. The predicted octanol–water partition coefficient (Wildman–Crippen LogP) is 3.04. The lowest BCUT2D eigenvalue weighted by molar-refractivity contribution is 0.300. The van der Waals surface area contributed by atoms with Gasteiger partial charge < -0.3 is 20.5 Å². The summed E-state index contributed by atoms with van der Waals surface area (Å²) in [5, 5.41) is 3.56. The van der Waals surface area contributed by atoms with E-state index in [1.165, 1.54) is 5.56 Å². The van der Waals surface area contributed by atoms with Crippen LogP contribution in [0.15, 0.2) is 35.5 Å². The lowest BCUT2D eigenvalue weighted by atomic mass is 10.1. The minimum Gasteiger partial charge on any atom is -0.488 e. The molecule has 0 saturated heterocycles. The second-order valence-corrected chi connectivity index (χ2v) is 7.10. The first-order valence-corrected chi connectivity index (χ1v) is 9.27. The van der Waals surface area contributed by atoms with Crippen LogP contribution in [0.25, 0.3) is 0 Å². The molecule has 3 unspecified atom stereocenters. The molecule has 3 N–H and O–H groups in total. The highest BCUT2D eigenvalue weighted by Gasteiger charge is 2.58. The van der Waals surface area contributed by atoms with Crippen LogP contribution < -0.4 is 20.5 Å². The highest BCUT2D eigenvalue weighted by Crippen LogP contribution is 2.54. The zero-order chi connectivity index (χ0) is 17.7. The van der Waals surface area contributed by atoms with Crippen LogP contribution in [0.4, 0.5) is 5.82 Å². The molecule has 3 heterocycles. The van der Waals surface area contributed by atoms with Crippen LogP contribution in [0.5, 0.6) is 17.2 Å². The number of nitrogens with one attached hydrogen (secondary N) is 1. The molecule has 6 nitrogen and oxygen atoms in total. The number of aliphatic imine (C=N–C) groups is 1. The van der Waals surface area contributed by atoms with Gasteiger partial charge in [-0.1, -0.05) is 6.92 Å². The fraction of sp³-hybridized carbons (Fsp3) is 0.400. The second kappa shape index (κ2) is 5.99. The average Bonchev–Trinajstić information content (AvgIpc) is 3.19. The molecule has 3 atom stereocenters. The number of fused-ring (bicyclic) bond motifs is 4. The molecule has 134 valence electrons. The summed E-state index contributed by atoms with van der Waals surface area (Å²) < 4.78 is 12.2. The van der Waals surface area contributed by atoms with E-state index in [1.54, 1.807) is 6.20 Å². The lowest BCUT2D eigenvalue weighted by Crippen LogP contribution is -2.23. The first-order chi connectivity index (χ1) is 12.7. The fourth-order valence-corrected chi connectivity index (χ4v) is 3.92. The van der Waals surface area contributed by atoms with Gasteiger partial charge in [0.15, 0.2) is 5.82 Å². The molecule has 2 aromatic rings. The minimum atomic E-state index is 0.276. The zero-order valence-electron chi connectivity index (χ0n) is 14.7. The van der Waals surface area contributed by atoms with Crippen molar-refractivity contribution in [3.05, 3.63) is 41.6 Å². The number of benzene rings is 1. The molecule has 1 fully saturated rings. The maximum absolute atomic E-state index is 6.19. The van der Waals surface area contributed by atoms with E-state index >= 15 is 0 Å². The number of pyridine rings is 1. The largest absolute Gasteiger partial charge is 0.488 e. The molecule has 1 aromatic heterocycles. The van der Waals surface area contributed by atoms with Gasteiger partial charge in [0.05, 0.1) is 6.04 Å². The summed E-state index contributed by atoms with van der Waals surface area (Å²) in [4.78, 5) is 8.65. The third kappa shape index (κ3) is 2.52. The molecule has 6 heteroatoms. The van der Waals surface area contributed by atoms with E-state index in [0.29, 0.717) is 23.6 Å². The Labute approximate surface area is 152 Å². The van der Waals surface area contributed by atoms with Crippen molar-refractivity contribution in [1.29, 1.82) is 0 Å². The molecule has 1 aromatic carbocycles. The standard InChI is InChI=1S/C20H22N4O2/c1-2-8-22-18-17-13-10-11(3-5-14(13)26-19(17)18)25-15-7-9-23-20-12(15)4-6-16(21)24-20/h3,5,7,9-10,17-19,22H,2,4,6,8H2,1H3,(H2,21,23,24). The van der Waals surface area contributed by atoms with Gasteiger partial charge in [-0.2, -0.15) is 0 Å². The molecule has 2 aliphatic heterocycles. The Morgan fingerprint density at radius 1 is 1.31 bits per heavy atom. The summed E-state index contributed by atoms with van der Waals surface area (Å²) in [6.45, 7) is 3.21. The van der Waals surface area contributed by atoms with Gasteiger partial charge in [-0.05, 0) is 43.7 Å². The third-order valence-corrected chi connectivity index (χ3v) is 5.29. The monoisotopic (exact) mass is 350 g/mol. The number of rotatable bonds is 5. The third-order valence-electron chi connectivity index (χ3n) is 5.29. The topological polar surface area (TPSA) is 81.8 Å². The molecule has 0 amide bonds. The van der Waals surface area contributed by atoms with E-state index in [4.69, 9.17) is 15.2 Å². The number of hydrogen-bond donors (Lipinski definition) is 2. The number of hydrogen-bond acceptors (Lipinski definition) is 6. The fourth-order valence-electron chi connectivity index (χ4n) is 3.92. The lowest BCUT2D eigenvalue weighted by Gasteiger charge is -2.17. The molecule has 1 aliphatic carbocycles. The maximum atomic E-state index is 6.19. The van der Waals surface area contributed by atoms with E-state index in [1.807, 2.05) is 18.2 Å². The van der Waals surface area contributed by atoms with Gasteiger partial charge in [0.1, 0.15) is 29.2 Å². The SMILES string of the molecule is CCCNC1C2Oc3ccc(Oc4ccnc5c4CCC(N)=N5)cc3C12. The Bertz CT molecular complexity index is 895. The molecule has 0 spiro atoms. The van der Waals surface area contributed by atoms with Crippen LogP contribution in [0.3, 0.4) is 0 Å². The van der Waals surface area contributed by atoms with E-state index in [-0.39, 0.29) is 6.10 Å². The van der Waals surface area contributed by atoms with Gasteiger partial charge in [0.25, 0.3) is 0 Å². The average molecular weight is 350 g/mol. The zero-order valence-corrected chi connectivity index (χ0v) is 14.7. The van der Waals surface area contributed by atoms with E-state index in [2.05, 4.69) is 28.3 Å². The number of nitrogens with two attached hydrogens (primary N) is 1. The van der Waals surface area contributed by atoms with Crippen LogP contribution in [0, 0.1) is 0 Å². The van der Waals surface area contributed by atoms with Crippen LogP contribution in [0.1, 0.15) is 36.8 Å². The van der Waals surface area contributed by atoms with E-state index < -0.39 is 0 Å². The number of ether oxygens (including phenoxy) is 2. The molecular weight excluding hydrogens is 328 g/mol. The first kappa shape index (κ1) is 15.6. The second-order valence-electron chi connectivity index (χ2n) is 7.10. The highest BCUT2D eigenvalue weighted by atomic mass is 16.5. The van der Waals surface area contributed by atoms with Gasteiger partial charge in [0.2, 0.25) is 0 Å². The number of aromatic nitrogens is 1. The maximum Gasteiger partial charge on any atom is 0.160 e. The Hall–Kier alpha value is -2.60. The van der Waals surface area contributed by atoms with Crippen molar-refractivity contribution in [3.8, 4) is 17.2 Å². The summed E-state index contributed by atoms with van der Waals surface area (Å²) in [5.74, 6) is 4.35. The summed E-state index contributed by atoms with van der Waals surface area (Å²) in [6.07, 6.45) is 4.66. The molecule has 0 radical (unpaired) electrons. The molecule has 0 bridgehead atoms. The summed E-state index contributed by atoms with van der Waals surface area (Å²) >= 11 is 0. The van der Waals surface area contributed by atoms with Gasteiger partial charge in [-0.3, -0.25) is 0 Å². The van der Waals surface area contributed by atoms with Crippen LogP contribution >= 0.6 is 0 Å². The van der Waals surface area contributed by atoms with Crippen molar-refractivity contribution in [1.82, 2.24) is 10.3 Å². The normalized spacial score (nSPS) is 24.8. The van der Waals surface area contributed by atoms with Gasteiger partial charge in [-0.15, -0.1) is 0 Å². The smallest absolute Gasteiger partial charge is 0.160 e. The van der Waals surface area contributed by atoms with Crippen molar-refractivity contribution in [3.63, 3.8) is 0 Å². The Kier molecular flexibility index (Phi) is 3.60. The van der Waals surface area contributed by atoms with Crippen molar-refractivity contribution in [2.75, 3.05) is 6.54 Å². The molecular formula is C20H22N4O2. The van der Waals surface area contributed by atoms with Crippen molar-refractivity contribution >= 4 is 11.7 Å². The van der Waals surface area contributed by atoms with Gasteiger partial charge in [0, 0.05) is 29.7 Å². The first-order valence-electron chi connectivity index (χ1n) is 9.27. The molecule has 3 aliphatic rings. The Morgan fingerprint density at radius 2 is 2.23 bits per heavy atom. The quantitative estimate of drug-likeness (QED) is 0.866. The predicted molar refractivity (Wildman–Crippen MR) is 99.6 cm³/mol. The van der Waals surface area contributed by atoms with E-state index in [9.17, 15) is 0 Å². The molecule has 5 rings (SSSR count). The van der Waals surface area contributed by atoms with Gasteiger partial charge >= 0.3 is 0 Å². The van der Waals surface area contributed by atoms with Crippen molar-refractivity contribution < 1.29 is 9.47 Å². The van der Waals surface area contributed by atoms with Crippen molar-refractivity contribution in [2.24, 2.45) is 10.7 Å². The Morgan fingerprint density at radius 3 is 3.12 bits per heavy atom. The van der Waals surface area contributed by atoms with Crippen molar-refractivity contribution in [2.45, 2.75) is 44.2 Å². The summed E-state index contributed by atoms with van der Waals surface area (Å²) in [5.41, 5.74) is 8.09. The van der Waals surface area contributed by atoms with Crippen LogP contribution in [-0.4, -0.2) is 29.5 Å². The minimum absolute atomic E-state index is 0.276. The number of amidine groups is 1. The van der Waals surface area contributed by atoms with Crippen LogP contribution in [0.2, 0.25) is 0 Å². The highest BCUT2D eigenvalue weighted by molar-refractivity contribution is 5.85. The molecule has 1 saturated carbocycles. The Balaban J connectivity index is 1.39. The molecule has 26 heavy (non-hydrogen) atoms. The van der Waals surface area contributed by atoms with Gasteiger partial charge in [-0.25, -0.2) is 9.98 Å². The summed E-state index contributed by atoms with van der Waals surface area (Å²) in [7, 11) is 0. The van der Waals surface area contributed by atoms with E-state index in [0.717, 1.165) is 48.6 Å². The van der Waals surface area contributed by atoms with Crippen LogP contribution in [-0.2, 0) is 6.42 Å². The summed E-state index contributed by atoms with van der Waals surface area (Å²) in [6, 6.07) is 8.41.